The Bertz CT molecular complexity index is 1440. The molecule has 4 heterocycles. The fourth-order valence-electron chi connectivity index (χ4n) is 5.73. The lowest BCUT2D eigenvalue weighted by Gasteiger charge is -2.35. The molecular formula is C29H30FN5O2. The van der Waals surface area contributed by atoms with Crippen LogP contribution < -0.4 is 10.5 Å². The standard InChI is InChI=1S/C29H30FN5O2/c1-18-14-33-28-27(18)26(9-10-32-28)37-25-8-7-20(11-23(25)30)12-24(31)29(36)35-17-21-13-22(35)16-34(21)15-19-5-3-2-4-6-19/h2-11,14,21-22,24H,12-13,15-17,31H2,1H3,(H,32,33)/t21-,22-,24?/m0/s1. The zero-order valence-electron chi connectivity index (χ0n) is 20.7. The predicted octanol–water partition coefficient (Wildman–Crippen LogP) is 4.16. The van der Waals surface area contributed by atoms with Crippen LogP contribution in [0.15, 0.2) is 67.0 Å². The molecule has 0 spiro atoms. The second kappa shape index (κ2) is 9.61. The van der Waals surface area contributed by atoms with Crippen LogP contribution in [0.5, 0.6) is 11.5 Å². The van der Waals surface area contributed by atoms with Crippen molar-refractivity contribution in [3.63, 3.8) is 0 Å². The summed E-state index contributed by atoms with van der Waals surface area (Å²) in [5.74, 6) is 0.0987. The Morgan fingerprint density at radius 1 is 1.14 bits per heavy atom. The number of aromatic nitrogens is 2. The molecule has 2 bridgehead atoms. The van der Waals surface area contributed by atoms with E-state index in [1.165, 1.54) is 11.6 Å². The van der Waals surface area contributed by atoms with E-state index in [1.54, 1.807) is 24.4 Å². The van der Waals surface area contributed by atoms with E-state index in [4.69, 9.17) is 10.5 Å². The number of H-pyrrole nitrogens is 1. The quantitative estimate of drug-likeness (QED) is 0.399. The summed E-state index contributed by atoms with van der Waals surface area (Å²) in [6.45, 7) is 4.41. The molecular weight excluding hydrogens is 469 g/mol. The number of benzene rings is 2. The molecule has 2 fully saturated rings. The van der Waals surface area contributed by atoms with Crippen molar-refractivity contribution < 1.29 is 13.9 Å². The summed E-state index contributed by atoms with van der Waals surface area (Å²) < 4.78 is 20.9. The van der Waals surface area contributed by atoms with Crippen molar-refractivity contribution in [1.29, 1.82) is 0 Å². The number of nitrogens with one attached hydrogen (secondary N) is 1. The number of amides is 1. The zero-order chi connectivity index (χ0) is 25.5. The second-order valence-corrected chi connectivity index (χ2v) is 10.1. The molecule has 37 heavy (non-hydrogen) atoms. The van der Waals surface area contributed by atoms with E-state index < -0.39 is 11.9 Å². The molecule has 1 amide bonds. The van der Waals surface area contributed by atoms with Gasteiger partial charge in [0.05, 0.1) is 11.4 Å². The monoisotopic (exact) mass is 499 g/mol. The van der Waals surface area contributed by atoms with Crippen molar-refractivity contribution in [2.24, 2.45) is 5.73 Å². The van der Waals surface area contributed by atoms with Crippen LogP contribution >= 0.6 is 0 Å². The molecule has 0 saturated carbocycles. The molecule has 6 rings (SSSR count). The normalized spacial score (nSPS) is 20.0. The van der Waals surface area contributed by atoms with E-state index in [2.05, 4.69) is 39.1 Å². The van der Waals surface area contributed by atoms with Gasteiger partial charge in [-0.3, -0.25) is 9.69 Å². The summed E-state index contributed by atoms with van der Waals surface area (Å²) in [7, 11) is 0. The molecule has 1 unspecified atom stereocenters. The van der Waals surface area contributed by atoms with Crippen molar-refractivity contribution in [1.82, 2.24) is 19.8 Å². The van der Waals surface area contributed by atoms with Gasteiger partial charge in [-0.25, -0.2) is 9.37 Å². The summed E-state index contributed by atoms with van der Waals surface area (Å²) in [5, 5.41) is 0.820. The minimum absolute atomic E-state index is 0.0605. The number of carbonyl (C=O) groups is 1. The molecule has 0 aliphatic carbocycles. The van der Waals surface area contributed by atoms with Crippen LogP contribution in [-0.4, -0.2) is 56.9 Å². The van der Waals surface area contributed by atoms with Gasteiger partial charge in [0.15, 0.2) is 11.6 Å². The molecule has 3 atom stereocenters. The second-order valence-electron chi connectivity index (χ2n) is 10.1. The molecule has 2 aromatic heterocycles. The van der Waals surface area contributed by atoms with Crippen LogP contribution in [0.3, 0.4) is 0 Å². The number of ether oxygens (including phenoxy) is 1. The number of aromatic amines is 1. The summed E-state index contributed by atoms with van der Waals surface area (Å²) in [5.41, 5.74) is 9.94. The molecule has 2 aromatic carbocycles. The third kappa shape index (κ3) is 4.58. The molecule has 2 aliphatic heterocycles. The van der Waals surface area contributed by atoms with Crippen LogP contribution in [0.4, 0.5) is 4.39 Å². The van der Waals surface area contributed by atoms with Gasteiger partial charge in [-0.05, 0) is 54.7 Å². The lowest BCUT2D eigenvalue weighted by atomic mass is 10.0. The highest BCUT2D eigenvalue weighted by Crippen LogP contribution is 2.34. The van der Waals surface area contributed by atoms with Crippen LogP contribution in [-0.2, 0) is 17.8 Å². The number of fused-ring (bicyclic) bond motifs is 3. The first-order valence-corrected chi connectivity index (χ1v) is 12.7. The first-order chi connectivity index (χ1) is 18.0. The fraction of sp³-hybridized carbons (Fsp3) is 0.310. The van der Waals surface area contributed by atoms with Crippen LogP contribution in [0.2, 0.25) is 0 Å². The van der Waals surface area contributed by atoms with Gasteiger partial charge in [-0.15, -0.1) is 0 Å². The first-order valence-electron chi connectivity index (χ1n) is 12.7. The largest absolute Gasteiger partial charge is 0.453 e. The highest BCUT2D eigenvalue weighted by atomic mass is 19.1. The van der Waals surface area contributed by atoms with Gasteiger partial charge in [0.2, 0.25) is 5.91 Å². The van der Waals surface area contributed by atoms with E-state index in [0.717, 1.165) is 30.5 Å². The van der Waals surface area contributed by atoms with Crippen molar-refractivity contribution in [2.45, 2.75) is 44.4 Å². The molecule has 2 saturated heterocycles. The van der Waals surface area contributed by atoms with Crippen molar-refractivity contribution >= 4 is 16.9 Å². The predicted molar refractivity (Wildman–Crippen MR) is 140 cm³/mol. The van der Waals surface area contributed by atoms with Gasteiger partial charge in [0.25, 0.3) is 0 Å². The third-order valence-electron chi connectivity index (χ3n) is 7.59. The number of likely N-dealkylation sites (tertiary alicyclic amines) is 2. The number of pyridine rings is 1. The minimum atomic E-state index is -0.713. The summed E-state index contributed by atoms with van der Waals surface area (Å²) >= 11 is 0. The maximum absolute atomic E-state index is 15.0. The Morgan fingerprint density at radius 2 is 1.97 bits per heavy atom. The van der Waals surface area contributed by atoms with Crippen LogP contribution in [0.1, 0.15) is 23.1 Å². The Labute approximate surface area is 215 Å². The van der Waals surface area contributed by atoms with Gasteiger partial charge >= 0.3 is 0 Å². The number of rotatable bonds is 7. The van der Waals surface area contributed by atoms with E-state index in [-0.39, 0.29) is 24.1 Å². The van der Waals surface area contributed by atoms with Crippen LogP contribution in [0, 0.1) is 12.7 Å². The summed E-state index contributed by atoms with van der Waals surface area (Å²) in [6.07, 6.45) is 4.72. The molecule has 3 N–H and O–H groups in total. The number of piperazine rings is 1. The lowest BCUT2D eigenvalue weighted by Crippen LogP contribution is -2.53. The average molecular weight is 500 g/mol. The number of aryl methyl sites for hydroxylation is 1. The average Bonchev–Trinajstić information content (AvgIpc) is 3.61. The molecule has 190 valence electrons. The number of hydrogen-bond acceptors (Lipinski definition) is 5. The van der Waals surface area contributed by atoms with Gasteiger partial charge in [0, 0.05) is 44.1 Å². The Hall–Kier alpha value is -3.75. The van der Waals surface area contributed by atoms with Crippen LogP contribution in [0.25, 0.3) is 11.0 Å². The summed E-state index contributed by atoms with van der Waals surface area (Å²) in [4.78, 5) is 24.9. The number of nitrogens with zero attached hydrogens (tertiary/aromatic N) is 3. The highest BCUT2D eigenvalue weighted by molar-refractivity contribution is 5.86. The van der Waals surface area contributed by atoms with Gasteiger partial charge in [-0.2, -0.15) is 0 Å². The van der Waals surface area contributed by atoms with E-state index in [1.807, 2.05) is 24.1 Å². The Balaban J connectivity index is 1.08. The number of halogens is 1. The maximum Gasteiger partial charge on any atom is 0.240 e. The molecule has 4 aromatic rings. The lowest BCUT2D eigenvalue weighted by molar-refractivity contribution is -0.135. The zero-order valence-corrected chi connectivity index (χ0v) is 20.7. The fourth-order valence-corrected chi connectivity index (χ4v) is 5.73. The van der Waals surface area contributed by atoms with Gasteiger partial charge in [0.1, 0.15) is 11.4 Å². The van der Waals surface area contributed by atoms with Crippen molar-refractivity contribution in [3.05, 3.63) is 89.5 Å². The number of carbonyl (C=O) groups excluding carboxylic acids is 1. The van der Waals surface area contributed by atoms with Gasteiger partial charge in [-0.1, -0.05) is 36.4 Å². The number of nitrogens with two attached hydrogens (primary N) is 1. The van der Waals surface area contributed by atoms with Crippen molar-refractivity contribution in [3.8, 4) is 11.5 Å². The minimum Gasteiger partial charge on any atom is -0.453 e. The molecule has 7 nitrogen and oxygen atoms in total. The van der Waals surface area contributed by atoms with Crippen molar-refractivity contribution in [2.75, 3.05) is 13.1 Å². The van der Waals surface area contributed by atoms with E-state index in [9.17, 15) is 9.18 Å². The highest BCUT2D eigenvalue weighted by Gasteiger charge is 2.45. The van der Waals surface area contributed by atoms with Gasteiger partial charge < -0.3 is 20.4 Å². The maximum atomic E-state index is 15.0. The SMILES string of the molecule is Cc1c[nH]c2nccc(Oc3ccc(CC(N)C(=O)N4C[C@@H]5C[C@H]4CN5Cc4ccccc4)cc3F)c12. The molecule has 8 heteroatoms. The molecule has 0 radical (unpaired) electrons. The topological polar surface area (TPSA) is 87.5 Å². The number of hydrogen-bond donors (Lipinski definition) is 2. The smallest absolute Gasteiger partial charge is 0.240 e. The first kappa shape index (κ1) is 23.6. The third-order valence-corrected chi connectivity index (χ3v) is 7.59. The van der Waals surface area contributed by atoms with E-state index >= 15 is 0 Å². The Kier molecular flexibility index (Phi) is 6.14. The van der Waals surface area contributed by atoms with E-state index in [0.29, 0.717) is 29.5 Å². The Morgan fingerprint density at radius 3 is 2.73 bits per heavy atom. The summed E-state index contributed by atoms with van der Waals surface area (Å²) in [6, 6.07) is 16.7. The molecule has 2 aliphatic rings.